The van der Waals surface area contributed by atoms with Crippen LogP contribution < -0.4 is 0 Å². The number of hydrogen-bond acceptors (Lipinski definition) is 3. The second-order valence-electron chi connectivity index (χ2n) is 4.60. The van der Waals surface area contributed by atoms with Gasteiger partial charge in [0.1, 0.15) is 4.99 Å². The van der Waals surface area contributed by atoms with Gasteiger partial charge in [0.25, 0.3) is 0 Å². The number of nitrogens with zero attached hydrogens (tertiary/aromatic N) is 2. The molecule has 1 aliphatic rings. The van der Waals surface area contributed by atoms with Gasteiger partial charge < -0.3 is 5.11 Å². The molecule has 0 aliphatic carbocycles. The molecule has 1 atom stereocenters. The highest BCUT2D eigenvalue weighted by atomic mass is 32.1. The van der Waals surface area contributed by atoms with Crippen molar-refractivity contribution < 1.29 is 5.11 Å². The fourth-order valence-corrected chi connectivity index (χ4v) is 2.45. The number of hydrogen-bond donors (Lipinski definition) is 1. The molecule has 90 valence electrons. The Kier molecular flexibility index (Phi) is 3.26. The number of thiocarbonyl (C=S) groups is 1. The molecular formula is C13H16N2OS. The van der Waals surface area contributed by atoms with Crippen LogP contribution in [0.5, 0.6) is 0 Å². The monoisotopic (exact) mass is 248 g/mol. The zero-order valence-electron chi connectivity index (χ0n) is 10.1. The van der Waals surface area contributed by atoms with Crippen molar-refractivity contribution in [2.45, 2.75) is 32.4 Å². The lowest BCUT2D eigenvalue weighted by molar-refractivity contribution is -0.0322. The molecule has 0 fully saturated rings. The molecule has 0 saturated heterocycles. The van der Waals surface area contributed by atoms with Gasteiger partial charge in [0.05, 0.1) is 0 Å². The maximum atomic E-state index is 10.2. The minimum Gasteiger partial charge on any atom is -0.369 e. The van der Waals surface area contributed by atoms with Gasteiger partial charge >= 0.3 is 0 Å². The molecule has 1 aliphatic heterocycles. The van der Waals surface area contributed by atoms with Crippen LogP contribution in [0.2, 0.25) is 0 Å². The normalized spacial score (nSPS) is 23.7. The van der Waals surface area contributed by atoms with Crippen molar-refractivity contribution in [1.29, 1.82) is 0 Å². The Morgan fingerprint density at radius 3 is 2.65 bits per heavy atom. The summed E-state index contributed by atoms with van der Waals surface area (Å²) in [6.45, 7) is 3.64. The summed E-state index contributed by atoms with van der Waals surface area (Å²) in [6.07, 6.45) is 1.17. The molecule has 0 unspecified atom stereocenters. The lowest BCUT2D eigenvalue weighted by Crippen LogP contribution is -2.43. The smallest absolute Gasteiger partial charge is 0.161 e. The third-order valence-corrected chi connectivity index (χ3v) is 3.07. The van der Waals surface area contributed by atoms with E-state index in [2.05, 4.69) is 5.10 Å². The number of aliphatic hydroxyl groups is 1. The van der Waals surface area contributed by atoms with Gasteiger partial charge in [-0.15, -0.1) is 0 Å². The van der Waals surface area contributed by atoms with Crippen LogP contribution in [-0.4, -0.2) is 26.5 Å². The van der Waals surface area contributed by atoms with Crippen molar-refractivity contribution in [2.24, 2.45) is 5.10 Å². The van der Waals surface area contributed by atoms with Crippen LogP contribution in [0.25, 0.3) is 0 Å². The molecule has 0 aromatic heterocycles. The van der Waals surface area contributed by atoms with Gasteiger partial charge in [-0.2, -0.15) is 5.10 Å². The van der Waals surface area contributed by atoms with Crippen LogP contribution in [-0.2, 0) is 6.42 Å². The van der Waals surface area contributed by atoms with E-state index in [1.54, 1.807) is 11.9 Å². The molecule has 0 bridgehead atoms. The Labute approximate surface area is 107 Å². The second kappa shape index (κ2) is 4.55. The van der Waals surface area contributed by atoms with Gasteiger partial charge in [-0.05, 0) is 19.4 Å². The molecule has 3 nitrogen and oxygen atoms in total. The minimum atomic E-state index is -0.976. The summed E-state index contributed by atoms with van der Waals surface area (Å²) in [5, 5.41) is 16.1. The molecule has 0 radical (unpaired) electrons. The van der Waals surface area contributed by atoms with E-state index in [0.29, 0.717) is 17.8 Å². The van der Waals surface area contributed by atoms with Crippen molar-refractivity contribution >= 4 is 22.9 Å². The maximum Gasteiger partial charge on any atom is 0.161 e. The summed E-state index contributed by atoms with van der Waals surface area (Å²) in [7, 11) is 0. The Morgan fingerprint density at radius 2 is 2.12 bits per heavy atom. The average Bonchev–Trinajstić information content (AvgIpc) is 2.53. The maximum absolute atomic E-state index is 10.2. The van der Waals surface area contributed by atoms with Crippen molar-refractivity contribution in [2.75, 3.05) is 0 Å². The summed E-state index contributed by atoms with van der Waals surface area (Å²) in [4.78, 5) is 0.651. The molecule has 4 heteroatoms. The lowest BCUT2D eigenvalue weighted by atomic mass is 10.1. The first-order valence-corrected chi connectivity index (χ1v) is 6.03. The van der Waals surface area contributed by atoms with Gasteiger partial charge in [-0.1, -0.05) is 42.5 Å². The lowest BCUT2D eigenvalue weighted by Gasteiger charge is -2.29. The Morgan fingerprint density at radius 1 is 1.47 bits per heavy atom. The molecule has 1 aromatic carbocycles. The number of benzene rings is 1. The fraction of sp³-hybridized carbons (Fsp3) is 0.385. The topological polar surface area (TPSA) is 35.8 Å². The number of rotatable bonds is 2. The molecule has 0 saturated carbocycles. The van der Waals surface area contributed by atoms with E-state index in [4.69, 9.17) is 12.2 Å². The van der Waals surface area contributed by atoms with E-state index in [9.17, 15) is 5.11 Å². The fourth-order valence-electron chi connectivity index (χ4n) is 2.04. The standard InChI is InChI=1S/C13H16N2OS/c1-10-9-13(2,16)15(14-10)12(17)8-11-6-4-3-5-7-11/h3-7,16H,8-9H2,1-2H3/t13-/m0/s1. The second-order valence-corrected chi connectivity index (χ2v) is 5.07. The van der Waals surface area contributed by atoms with Crippen LogP contribution in [0.4, 0.5) is 0 Å². The van der Waals surface area contributed by atoms with Crippen molar-refractivity contribution in [1.82, 2.24) is 5.01 Å². The SMILES string of the molecule is CC1=NN(C(=S)Cc2ccccc2)[C@@](C)(O)C1. The molecule has 1 aromatic rings. The van der Waals surface area contributed by atoms with Crippen LogP contribution in [0, 0.1) is 0 Å². The predicted octanol–water partition coefficient (Wildman–Crippen LogP) is 2.35. The molecule has 17 heavy (non-hydrogen) atoms. The average molecular weight is 248 g/mol. The third-order valence-electron chi connectivity index (χ3n) is 2.75. The van der Waals surface area contributed by atoms with E-state index in [1.807, 2.05) is 37.3 Å². The van der Waals surface area contributed by atoms with Gasteiger partial charge in [-0.3, -0.25) is 0 Å². The summed E-state index contributed by atoms with van der Waals surface area (Å²) >= 11 is 5.36. The van der Waals surface area contributed by atoms with Crippen molar-refractivity contribution in [3.63, 3.8) is 0 Å². The van der Waals surface area contributed by atoms with E-state index < -0.39 is 5.72 Å². The van der Waals surface area contributed by atoms with E-state index in [-0.39, 0.29) is 0 Å². The van der Waals surface area contributed by atoms with E-state index >= 15 is 0 Å². The van der Waals surface area contributed by atoms with Crippen molar-refractivity contribution in [3.8, 4) is 0 Å². The molecule has 0 amide bonds. The highest BCUT2D eigenvalue weighted by Crippen LogP contribution is 2.25. The van der Waals surface area contributed by atoms with Gasteiger partial charge in [-0.25, -0.2) is 5.01 Å². The first kappa shape index (κ1) is 12.2. The zero-order chi connectivity index (χ0) is 12.5. The summed E-state index contributed by atoms with van der Waals surface area (Å²) < 4.78 is 0. The molecule has 0 spiro atoms. The summed E-state index contributed by atoms with van der Waals surface area (Å²) in [6, 6.07) is 9.98. The quantitative estimate of drug-likeness (QED) is 0.816. The zero-order valence-corrected chi connectivity index (χ0v) is 10.9. The molecule has 1 N–H and O–H groups in total. The van der Waals surface area contributed by atoms with Crippen LogP contribution in [0.15, 0.2) is 35.4 Å². The largest absolute Gasteiger partial charge is 0.369 e. The summed E-state index contributed by atoms with van der Waals surface area (Å²) in [5.41, 5.74) is 1.06. The third kappa shape index (κ3) is 2.70. The number of hydrazone groups is 1. The summed E-state index contributed by atoms with van der Waals surface area (Å²) in [5.74, 6) is 0. The molecule has 2 rings (SSSR count). The molecule has 1 heterocycles. The first-order valence-electron chi connectivity index (χ1n) is 5.62. The highest BCUT2D eigenvalue weighted by molar-refractivity contribution is 7.80. The van der Waals surface area contributed by atoms with E-state index in [1.165, 1.54) is 0 Å². The van der Waals surface area contributed by atoms with Crippen LogP contribution in [0.3, 0.4) is 0 Å². The van der Waals surface area contributed by atoms with Gasteiger partial charge in [0.15, 0.2) is 5.72 Å². The highest BCUT2D eigenvalue weighted by Gasteiger charge is 2.36. The van der Waals surface area contributed by atoms with Gasteiger partial charge in [0, 0.05) is 18.6 Å². The van der Waals surface area contributed by atoms with Gasteiger partial charge in [0.2, 0.25) is 0 Å². The van der Waals surface area contributed by atoms with E-state index in [0.717, 1.165) is 11.3 Å². The van der Waals surface area contributed by atoms with Crippen LogP contribution >= 0.6 is 12.2 Å². The Balaban J connectivity index is 2.11. The Hall–Kier alpha value is -1.26. The first-order chi connectivity index (χ1) is 7.99. The predicted molar refractivity (Wildman–Crippen MR) is 72.9 cm³/mol. The van der Waals surface area contributed by atoms with Crippen LogP contribution in [0.1, 0.15) is 25.8 Å². The molecular weight excluding hydrogens is 232 g/mol. The minimum absolute atomic E-state index is 0.544. The van der Waals surface area contributed by atoms with Crippen molar-refractivity contribution in [3.05, 3.63) is 35.9 Å². The Bertz CT molecular complexity index is 454.